The Balaban J connectivity index is 2.23. The highest BCUT2D eigenvalue weighted by atomic mass is 19.1. The summed E-state index contributed by atoms with van der Waals surface area (Å²) >= 11 is 0. The largest absolute Gasteiger partial charge is 0.466 e. The molecule has 0 aromatic rings. The maximum Gasteiger partial charge on any atom is 0.333 e. The van der Waals surface area contributed by atoms with Crippen LogP contribution in [-0.2, 0) is 19.0 Å². The van der Waals surface area contributed by atoms with Gasteiger partial charge in [0.1, 0.15) is 6.10 Å². The fourth-order valence-electron chi connectivity index (χ4n) is 2.40. The van der Waals surface area contributed by atoms with Gasteiger partial charge in [-0.15, -0.1) is 0 Å². The number of halogens is 1. The summed E-state index contributed by atoms with van der Waals surface area (Å²) in [5, 5.41) is 0. The average molecular weight is 244 g/mol. The van der Waals surface area contributed by atoms with Crippen molar-refractivity contribution in [3.8, 4) is 0 Å². The van der Waals surface area contributed by atoms with E-state index in [-0.39, 0.29) is 18.1 Å². The number of hydrogen-bond donors (Lipinski definition) is 0. The third-order valence-corrected chi connectivity index (χ3v) is 3.12. The second-order valence-corrected chi connectivity index (χ2v) is 4.87. The molecule has 3 atom stereocenters. The van der Waals surface area contributed by atoms with E-state index in [0.29, 0.717) is 12.0 Å². The van der Waals surface area contributed by atoms with Crippen molar-refractivity contribution in [2.45, 2.75) is 38.3 Å². The summed E-state index contributed by atoms with van der Waals surface area (Å²) in [6, 6.07) is 0. The molecule has 1 saturated heterocycles. The molecule has 1 fully saturated rings. The van der Waals surface area contributed by atoms with Crippen LogP contribution in [0.25, 0.3) is 0 Å². The van der Waals surface area contributed by atoms with Crippen molar-refractivity contribution in [2.75, 3.05) is 13.8 Å². The Hall–Kier alpha value is -0.940. The maximum atomic E-state index is 13.0. The Kier molecular flexibility index (Phi) is 3.23. The van der Waals surface area contributed by atoms with Crippen LogP contribution in [0.1, 0.15) is 20.3 Å². The number of fused-ring (bicyclic) bond motifs is 1. The zero-order valence-electron chi connectivity index (χ0n) is 10.2. The molecule has 0 saturated carbocycles. The zero-order valence-corrected chi connectivity index (χ0v) is 10.2. The Morgan fingerprint density at radius 3 is 2.88 bits per heavy atom. The van der Waals surface area contributed by atoms with Gasteiger partial charge in [-0.2, -0.15) is 0 Å². The van der Waals surface area contributed by atoms with Crippen LogP contribution in [-0.4, -0.2) is 37.7 Å². The fraction of sp³-hybridized carbons (Fsp3) is 0.750. The number of rotatable bonds is 2. The van der Waals surface area contributed by atoms with Crippen LogP contribution >= 0.6 is 0 Å². The first-order valence-corrected chi connectivity index (χ1v) is 5.67. The van der Waals surface area contributed by atoms with E-state index in [1.54, 1.807) is 19.9 Å². The standard InChI is InChI=1S/C12H17FO4/c1-12(2)16-9-5-7(11(14)15-3)4-8(6-13)10(9)17-12/h5,8-10H,4,6H2,1-3H3/t8-,9+,10-/m0/s1. The zero-order chi connectivity index (χ0) is 12.6. The van der Waals surface area contributed by atoms with Crippen LogP contribution in [0.5, 0.6) is 0 Å². The molecule has 2 rings (SSSR count). The second kappa shape index (κ2) is 4.38. The highest BCUT2D eigenvalue weighted by molar-refractivity contribution is 5.88. The molecule has 1 aliphatic heterocycles. The van der Waals surface area contributed by atoms with Crippen LogP contribution in [0.3, 0.4) is 0 Å². The number of ether oxygens (including phenoxy) is 3. The molecule has 2 aliphatic rings. The van der Waals surface area contributed by atoms with Gasteiger partial charge in [-0.1, -0.05) is 0 Å². The molecule has 1 heterocycles. The first-order valence-electron chi connectivity index (χ1n) is 5.67. The molecule has 0 unspecified atom stereocenters. The summed E-state index contributed by atoms with van der Waals surface area (Å²) in [4.78, 5) is 11.5. The van der Waals surface area contributed by atoms with Gasteiger partial charge in [0, 0.05) is 11.5 Å². The van der Waals surface area contributed by atoms with E-state index >= 15 is 0 Å². The molecule has 0 aromatic carbocycles. The predicted molar refractivity (Wildman–Crippen MR) is 58.0 cm³/mol. The molecular weight excluding hydrogens is 227 g/mol. The number of carbonyl (C=O) groups is 1. The first kappa shape index (κ1) is 12.5. The van der Waals surface area contributed by atoms with E-state index in [4.69, 9.17) is 9.47 Å². The summed E-state index contributed by atoms with van der Waals surface area (Å²) < 4.78 is 28.9. The first-order chi connectivity index (χ1) is 7.96. The molecule has 0 amide bonds. The molecular formula is C12H17FO4. The summed E-state index contributed by atoms with van der Waals surface area (Å²) in [5.74, 6) is -1.50. The van der Waals surface area contributed by atoms with Gasteiger partial charge in [0.15, 0.2) is 5.79 Å². The number of esters is 1. The van der Waals surface area contributed by atoms with E-state index < -0.39 is 18.4 Å². The lowest BCUT2D eigenvalue weighted by molar-refractivity contribution is -0.147. The van der Waals surface area contributed by atoms with Crippen molar-refractivity contribution in [3.63, 3.8) is 0 Å². The van der Waals surface area contributed by atoms with Crippen molar-refractivity contribution in [2.24, 2.45) is 5.92 Å². The summed E-state index contributed by atoms with van der Waals surface area (Å²) in [7, 11) is 1.32. The van der Waals surface area contributed by atoms with Gasteiger partial charge < -0.3 is 14.2 Å². The molecule has 4 nitrogen and oxygen atoms in total. The van der Waals surface area contributed by atoms with Crippen molar-refractivity contribution in [1.82, 2.24) is 0 Å². The maximum absolute atomic E-state index is 13.0. The molecule has 0 spiro atoms. The van der Waals surface area contributed by atoms with Gasteiger partial charge in [-0.05, 0) is 26.3 Å². The highest BCUT2D eigenvalue weighted by Gasteiger charge is 2.47. The van der Waals surface area contributed by atoms with Crippen molar-refractivity contribution in [1.29, 1.82) is 0 Å². The molecule has 0 radical (unpaired) electrons. The molecule has 0 bridgehead atoms. The lowest BCUT2D eigenvalue weighted by Gasteiger charge is -2.28. The number of hydrogen-bond acceptors (Lipinski definition) is 4. The van der Waals surface area contributed by atoms with Crippen LogP contribution < -0.4 is 0 Å². The number of carbonyl (C=O) groups excluding carboxylic acids is 1. The normalized spacial score (nSPS) is 35.1. The highest BCUT2D eigenvalue weighted by Crippen LogP contribution is 2.39. The monoisotopic (exact) mass is 244 g/mol. The minimum atomic E-state index is -0.731. The van der Waals surface area contributed by atoms with Gasteiger partial charge in [0.2, 0.25) is 0 Å². The minimum Gasteiger partial charge on any atom is -0.466 e. The van der Waals surface area contributed by atoms with E-state index in [1.165, 1.54) is 7.11 Å². The van der Waals surface area contributed by atoms with Crippen molar-refractivity contribution in [3.05, 3.63) is 11.6 Å². The molecule has 96 valence electrons. The van der Waals surface area contributed by atoms with E-state index in [1.807, 2.05) is 0 Å². The molecule has 17 heavy (non-hydrogen) atoms. The van der Waals surface area contributed by atoms with Gasteiger partial charge in [-0.25, -0.2) is 4.79 Å². The van der Waals surface area contributed by atoms with Crippen molar-refractivity contribution < 1.29 is 23.4 Å². The van der Waals surface area contributed by atoms with Crippen LogP contribution in [0.15, 0.2) is 11.6 Å². The summed E-state index contributed by atoms with van der Waals surface area (Å²) in [6.45, 7) is 3.04. The van der Waals surface area contributed by atoms with Crippen LogP contribution in [0, 0.1) is 5.92 Å². The third kappa shape index (κ3) is 2.35. The van der Waals surface area contributed by atoms with Gasteiger partial charge >= 0.3 is 5.97 Å². The number of methoxy groups -OCH3 is 1. The molecule has 0 aromatic heterocycles. The van der Waals surface area contributed by atoms with E-state index in [0.717, 1.165) is 0 Å². The molecule has 5 heteroatoms. The smallest absolute Gasteiger partial charge is 0.333 e. The van der Waals surface area contributed by atoms with E-state index in [2.05, 4.69) is 4.74 Å². The lowest BCUT2D eigenvalue weighted by Crippen LogP contribution is -2.36. The Morgan fingerprint density at radius 1 is 1.59 bits per heavy atom. The fourth-order valence-corrected chi connectivity index (χ4v) is 2.40. The lowest BCUT2D eigenvalue weighted by atomic mass is 9.85. The second-order valence-electron chi connectivity index (χ2n) is 4.87. The third-order valence-electron chi connectivity index (χ3n) is 3.12. The predicted octanol–water partition coefficient (Wildman–Crippen LogP) is 1.60. The Morgan fingerprint density at radius 2 is 2.29 bits per heavy atom. The van der Waals surface area contributed by atoms with E-state index in [9.17, 15) is 9.18 Å². The topological polar surface area (TPSA) is 44.8 Å². The van der Waals surface area contributed by atoms with Gasteiger partial charge in [0.05, 0.1) is 19.9 Å². The van der Waals surface area contributed by atoms with Crippen molar-refractivity contribution >= 4 is 5.97 Å². The summed E-state index contributed by atoms with van der Waals surface area (Å²) in [6.07, 6.45) is 1.35. The van der Waals surface area contributed by atoms with Crippen LogP contribution in [0.4, 0.5) is 4.39 Å². The van der Waals surface area contributed by atoms with Gasteiger partial charge in [-0.3, -0.25) is 4.39 Å². The quantitative estimate of drug-likeness (QED) is 0.692. The average Bonchev–Trinajstić information content (AvgIpc) is 2.60. The SMILES string of the molecule is COC(=O)C1=C[C@H]2OC(C)(C)O[C@H]2[C@H](CF)C1. The van der Waals surface area contributed by atoms with Crippen LogP contribution in [0.2, 0.25) is 0 Å². The Labute approximate surface area is 99.7 Å². The summed E-state index contributed by atoms with van der Waals surface area (Å²) in [5.41, 5.74) is 0.470. The Bertz CT molecular complexity index is 350. The number of alkyl halides is 1. The molecule has 0 N–H and O–H groups in total. The molecule has 1 aliphatic carbocycles. The van der Waals surface area contributed by atoms with Gasteiger partial charge in [0.25, 0.3) is 0 Å². The minimum absolute atomic E-state index is 0.316.